The fourth-order valence-electron chi connectivity index (χ4n) is 1.52. The van der Waals surface area contributed by atoms with Gasteiger partial charge < -0.3 is 4.74 Å². The van der Waals surface area contributed by atoms with Gasteiger partial charge in [-0.05, 0) is 24.0 Å². The van der Waals surface area contributed by atoms with Crippen molar-refractivity contribution < 1.29 is 9.13 Å². The SMILES string of the molecule is CSc1ccc(OCc2ccccc2)c(F)c1Cl. The Morgan fingerprint density at radius 3 is 2.56 bits per heavy atom. The molecule has 0 aliphatic heterocycles. The number of hydrogen-bond donors (Lipinski definition) is 0. The molecule has 0 aliphatic rings. The zero-order valence-electron chi connectivity index (χ0n) is 9.82. The van der Waals surface area contributed by atoms with Crippen molar-refractivity contribution in [3.8, 4) is 5.75 Å². The van der Waals surface area contributed by atoms with Crippen molar-refractivity contribution in [2.75, 3.05) is 6.26 Å². The molecule has 0 saturated heterocycles. The fraction of sp³-hybridized carbons (Fsp3) is 0.143. The Morgan fingerprint density at radius 2 is 1.89 bits per heavy atom. The van der Waals surface area contributed by atoms with Crippen molar-refractivity contribution in [2.24, 2.45) is 0 Å². The van der Waals surface area contributed by atoms with E-state index >= 15 is 0 Å². The lowest BCUT2D eigenvalue weighted by Crippen LogP contribution is -1.98. The predicted molar refractivity (Wildman–Crippen MR) is 74.0 cm³/mol. The van der Waals surface area contributed by atoms with Crippen LogP contribution < -0.4 is 4.74 Å². The maximum absolute atomic E-state index is 13.9. The molecular formula is C14H12ClFOS. The van der Waals surface area contributed by atoms with Crippen molar-refractivity contribution >= 4 is 23.4 Å². The Kier molecular flexibility index (Phi) is 4.50. The third-order valence-corrected chi connectivity index (χ3v) is 3.73. The smallest absolute Gasteiger partial charge is 0.184 e. The van der Waals surface area contributed by atoms with Crippen molar-refractivity contribution in [1.82, 2.24) is 0 Å². The van der Waals surface area contributed by atoms with Gasteiger partial charge in [-0.15, -0.1) is 11.8 Å². The van der Waals surface area contributed by atoms with E-state index in [9.17, 15) is 4.39 Å². The van der Waals surface area contributed by atoms with Crippen LogP contribution in [0.2, 0.25) is 5.02 Å². The van der Waals surface area contributed by atoms with Crippen molar-refractivity contribution in [3.05, 3.63) is 58.9 Å². The Labute approximate surface area is 115 Å². The topological polar surface area (TPSA) is 9.23 Å². The van der Waals surface area contributed by atoms with Crippen LogP contribution in [-0.2, 0) is 6.61 Å². The number of rotatable bonds is 4. The molecule has 0 spiro atoms. The van der Waals surface area contributed by atoms with Crippen molar-refractivity contribution in [1.29, 1.82) is 0 Å². The van der Waals surface area contributed by atoms with Crippen LogP contribution in [0.3, 0.4) is 0 Å². The maximum atomic E-state index is 13.9. The molecule has 0 unspecified atom stereocenters. The molecule has 0 N–H and O–H groups in total. The first-order valence-corrected chi connectivity index (χ1v) is 7.01. The highest BCUT2D eigenvalue weighted by atomic mass is 35.5. The summed E-state index contributed by atoms with van der Waals surface area (Å²) in [5, 5.41) is 0.119. The summed E-state index contributed by atoms with van der Waals surface area (Å²) in [7, 11) is 0. The minimum Gasteiger partial charge on any atom is -0.486 e. The zero-order valence-corrected chi connectivity index (χ0v) is 11.4. The molecule has 2 rings (SSSR count). The van der Waals surface area contributed by atoms with E-state index in [0.29, 0.717) is 11.5 Å². The first-order valence-electron chi connectivity index (χ1n) is 5.41. The lowest BCUT2D eigenvalue weighted by atomic mass is 10.2. The van der Waals surface area contributed by atoms with E-state index in [1.165, 1.54) is 11.8 Å². The van der Waals surface area contributed by atoms with E-state index in [4.69, 9.17) is 16.3 Å². The van der Waals surface area contributed by atoms with E-state index in [2.05, 4.69) is 0 Å². The van der Waals surface area contributed by atoms with Crippen LogP contribution in [0, 0.1) is 5.82 Å². The molecule has 0 aliphatic carbocycles. The maximum Gasteiger partial charge on any atom is 0.184 e. The first kappa shape index (κ1) is 13.2. The largest absolute Gasteiger partial charge is 0.486 e. The number of ether oxygens (including phenoxy) is 1. The molecule has 0 amide bonds. The van der Waals surface area contributed by atoms with E-state index < -0.39 is 5.82 Å². The van der Waals surface area contributed by atoms with Crippen LogP contribution in [0.4, 0.5) is 4.39 Å². The predicted octanol–water partition coefficient (Wildman–Crippen LogP) is 4.78. The number of hydrogen-bond acceptors (Lipinski definition) is 2. The van der Waals surface area contributed by atoms with Gasteiger partial charge in [0.15, 0.2) is 11.6 Å². The van der Waals surface area contributed by atoms with Crippen molar-refractivity contribution in [2.45, 2.75) is 11.5 Å². The van der Waals surface area contributed by atoms with Gasteiger partial charge in [-0.3, -0.25) is 0 Å². The van der Waals surface area contributed by atoms with Crippen LogP contribution in [0.25, 0.3) is 0 Å². The summed E-state index contributed by atoms with van der Waals surface area (Å²) in [6.07, 6.45) is 1.85. The van der Waals surface area contributed by atoms with Crippen LogP contribution in [0.5, 0.6) is 5.75 Å². The lowest BCUT2D eigenvalue weighted by Gasteiger charge is -2.10. The van der Waals surface area contributed by atoms with E-state index in [1.54, 1.807) is 12.1 Å². The molecule has 0 fully saturated rings. The highest BCUT2D eigenvalue weighted by Gasteiger charge is 2.12. The summed E-state index contributed by atoms with van der Waals surface area (Å²) in [4.78, 5) is 0.709. The molecule has 2 aromatic rings. The summed E-state index contributed by atoms with van der Waals surface area (Å²) in [5.41, 5.74) is 0.988. The van der Waals surface area contributed by atoms with Gasteiger partial charge in [-0.1, -0.05) is 41.9 Å². The minimum absolute atomic E-state index is 0.119. The quantitative estimate of drug-likeness (QED) is 0.746. The molecular weight excluding hydrogens is 271 g/mol. The second kappa shape index (κ2) is 6.12. The standard InChI is InChI=1S/C14H12ClFOS/c1-18-12-8-7-11(14(16)13(12)15)17-9-10-5-3-2-4-6-10/h2-8H,9H2,1H3. The number of halogens is 2. The molecule has 18 heavy (non-hydrogen) atoms. The minimum atomic E-state index is -0.501. The third-order valence-electron chi connectivity index (χ3n) is 2.47. The first-order chi connectivity index (χ1) is 8.72. The van der Waals surface area contributed by atoms with Crippen LogP contribution in [0.15, 0.2) is 47.4 Å². The van der Waals surface area contributed by atoms with Crippen LogP contribution >= 0.6 is 23.4 Å². The fourth-order valence-corrected chi connectivity index (χ4v) is 2.38. The van der Waals surface area contributed by atoms with Gasteiger partial charge in [0.1, 0.15) is 6.61 Å². The van der Waals surface area contributed by atoms with E-state index in [-0.39, 0.29) is 10.8 Å². The van der Waals surface area contributed by atoms with Crippen LogP contribution in [0.1, 0.15) is 5.56 Å². The van der Waals surface area contributed by atoms with Gasteiger partial charge in [-0.25, -0.2) is 4.39 Å². The molecule has 4 heteroatoms. The van der Waals surface area contributed by atoms with Gasteiger partial charge in [-0.2, -0.15) is 0 Å². The average molecular weight is 283 g/mol. The van der Waals surface area contributed by atoms with Gasteiger partial charge >= 0.3 is 0 Å². The Bertz CT molecular complexity index is 531. The number of benzene rings is 2. The normalized spacial score (nSPS) is 10.4. The molecule has 0 aromatic heterocycles. The van der Waals surface area contributed by atoms with Gasteiger partial charge in [0.2, 0.25) is 0 Å². The van der Waals surface area contributed by atoms with Crippen LogP contribution in [-0.4, -0.2) is 6.26 Å². The Morgan fingerprint density at radius 1 is 1.17 bits per heavy atom. The molecule has 0 saturated carbocycles. The molecule has 1 nitrogen and oxygen atoms in total. The summed E-state index contributed by atoms with van der Waals surface area (Å²) >= 11 is 7.31. The second-order valence-electron chi connectivity index (χ2n) is 3.67. The van der Waals surface area contributed by atoms with Gasteiger partial charge in [0.05, 0.1) is 5.02 Å². The highest BCUT2D eigenvalue weighted by Crippen LogP contribution is 2.33. The van der Waals surface area contributed by atoms with E-state index in [0.717, 1.165) is 5.56 Å². The molecule has 2 aromatic carbocycles. The highest BCUT2D eigenvalue weighted by molar-refractivity contribution is 7.98. The summed E-state index contributed by atoms with van der Waals surface area (Å²) in [6, 6.07) is 13.0. The Hall–Kier alpha value is -1.19. The molecule has 0 radical (unpaired) electrons. The van der Waals surface area contributed by atoms with Gasteiger partial charge in [0, 0.05) is 4.90 Å². The van der Waals surface area contributed by atoms with Gasteiger partial charge in [0.25, 0.3) is 0 Å². The summed E-state index contributed by atoms with van der Waals surface area (Å²) in [5.74, 6) is -0.318. The summed E-state index contributed by atoms with van der Waals surface area (Å²) in [6.45, 7) is 0.326. The zero-order chi connectivity index (χ0) is 13.0. The third kappa shape index (κ3) is 2.98. The summed E-state index contributed by atoms with van der Waals surface area (Å²) < 4.78 is 19.3. The van der Waals surface area contributed by atoms with E-state index in [1.807, 2.05) is 36.6 Å². The average Bonchev–Trinajstić information content (AvgIpc) is 2.42. The lowest BCUT2D eigenvalue weighted by molar-refractivity contribution is 0.290. The monoisotopic (exact) mass is 282 g/mol. The molecule has 94 valence electrons. The Balaban J connectivity index is 2.13. The van der Waals surface area contributed by atoms with Crippen molar-refractivity contribution in [3.63, 3.8) is 0 Å². The molecule has 0 bridgehead atoms. The number of thioether (sulfide) groups is 1. The molecule has 0 heterocycles. The molecule has 0 atom stereocenters. The second-order valence-corrected chi connectivity index (χ2v) is 4.89.